The van der Waals surface area contributed by atoms with Crippen molar-refractivity contribution in [2.45, 2.75) is 97.0 Å². The molecular formula is C27H40N4O3. The highest BCUT2D eigenvalue weighted by atomic mass is 16.5. The molecule has 2 heterocycles. The molecule has 1 saturated carbocycles. The fourth-order valence-electron chi connectivity index (χ4n) is 6.04. The van der Waals surface area contributed by atoms with Crippen molar-refractivity contribution in [1.82, 2.24) is 14.9 Å². The summed E-state index contributed by atoms with van der Waals surface area (Å²) in [6.07, 6.45) is 13.1. The molecule has 1 aromatic heterocycles. The van der Waals surface area contributed by atoms with Crippen molar-refractivity contribution in [3.05, 3.63) is 23.2 Å². The van der Waals surface area contributed by atoms with Gasteiger partial charge in [0.1, 0.15) is 12.4 Å². The Morgan fingerprint density at radius 1 is 1.03 bits per heavy atom. The van der Waals surface area contributed by atoms with E-state index in [1.807, 2.05) is 11.8 Å². The molecule has 2 aliphatic carbocycles. The lowest BCUT2D eigenvalue weighted by Crippen LogP contribution is -2.29. The van der Waals surface area contributed by atoms with Crippen LogP contribution in [0.2, 0.25) is 0 Å². The number of primary amides is 1. The van der Waals surface area contributed by atoms with Crippen LogP contribution < -0.4 is 10.5 Å². The van der Waals surface area contributed by atoms with Gasteiger partial charge in [0, 0.05) is 25.9 Å². The summed E-state index contributed by atoms with van der Waals surface area (Å²) in [6.45, 7) is 6.07. The number of nitrogens with zero attached hydrogens (tertiary/aromatic N) is 3. The maximum Gasteiger partial charge on any atom is 0.224 e. The lowest BCUT2D eigenvalue weighted by molar-refractivity contribution is -0.130. The summed E-state index contributed by atoms with van der Waals surface area (Å²) in [5, 5.41) is 0. The SMILES string of the molecule is CC1=C(c2c(C)ncnc2OC2CCC(CCC(=O)N3CCCC3)CC2)[C@@H](CCC(N)=O)CC1. The van der Waals surface area contributed by atoms with Crippen LogP contribution in [0.15, 0.2) is 11.9 Å². The van der Waals surface area contributed by atoms with Gasteiger partial charge < -0.3 is 15.4 Å². The fraction of sp³-hybridized carbons (Fsp3) is 0.704. The van der Waals surface area contributed by atoms with Gasteiger partial charge in [-0.25, -0.2) is 9.97 Å². The number of aromatic nitrogens is 2. The topological polar surface area (TPSA) is 98.4 Å². The van der Waals surface area contributed by atoms with Crippen LogP contribution in [0.3, 0.4) is 0 Å². The van der Waals surface area contributed by atoms with E-state index in [2.05, 4.69) is 16.9 Å². The van der Waals surface area contributed by atoms with Gasteiger partial charge in [0.05, 0.1) is 11.3 Å². The first-order valence-corrected chi connectivity index (χ1v) is 13.2. The maximum absolute atomic E-state index is 12.4. The summed E-state index contributed by atoms with van der Waals surface area (Å²) >= 11 is 0. The van der Waals surface area contributed by atoms with Gasteiger partial charge in [0.15, 0.2) is 0 Å². The minimum absolute atomic E-state index is 0.143. The van der Waals surface area contributed by atoms with Crippen molar-refractivity contribution in [3.8, 4) is 5.88 Å². The van der Waals surface area contributed by atoms with E-state index in [0.29, 0.717) is 36.5 Å². The Bertz CT molecular complexity index is 914. The van der Waals surface area contributed by atoms with E-state index in [0.717, 1.165) is 88.6 Å². The third kappa shape index (κ3) is 5.97. The molecule has 186 valence electrons. The van der Waals surface area contributed by atoms with Crippen LogP contribution >= 0.6 is 0 Å². The number of carbonyl (C=O) groups is 2. The number of amides is 2. The van der Waals surface area contributed by atoms with Gasteiger partial charge >= 0.3 is 0 Å². The molecule has 1 saturated heterocycles. The Hall–Kier alpha value is -2.44. The van der Waals surface area contributed by atoms with Crippen LogP contribution in [-0.4, -0.2) is 45.9 Å². The minimum atomic E-state index is -0.250. The van der Waals surface area contributed by atoms with E-state index in [-0.39, 0.29) is 12.0 Å². The fourth-order valence-corrected chi connectivity index (χ4v) is 6.04. The average Bonchev–Trinajstić information content (AvgIpc) is 3.48. The van der Waals surface area contributed by atoms with Crippen molar-refractivity contribution >= 4 is 17.4 Å². The van der Waals surface area contributed by atoms with E-state index in [4.69, 9.17) is 10.5 Å². The first-order chi connectivity index (χ1) is 16.4. The minimum Gasteiger partial charge on any atom is -0.474 e. The normalized spacial score (nSPS) is 25.1. The van der Waals surface area contributed by atoms with E-state index >= 15 is 0 Å². The molecule has 0 radical (unpaired) electrons. The average molecular weight is 469 g/mol. The molecule has 2 fully saturated rings. The van der Waals surface area contributed by atoms with Crippen molar-refractivity contribution in [2.75, 3.05) is 13.1 Å². The van der Waals surface area contributed by atoms with Gasteiger partial charge in [-0.05, 0) is 95.5 Å². The number of carbonyl (C=O) groups excluding carboxylic acids is 2. The monoisotopic (exact) mass is 468 g/mol. The Balaban J connectivity index is 1.36. The third-order valence-corrected chi connectivity index (χ3v) is 8.04. The van der Waals surface area contributed by atoms with Crippen molar-refractivity contribution < 1.29 is 14.3 Å². The molecule has 4 rings (SSSR count). The molecule has 0 bridgehead atoms. The van der Waals surface area contributed by atoms with E-state index < -0.39 is 0 Å². The predicted octanol–water partition coefficient (Wildman–Crippen LogP) is 4.57. The van der Waals surface area contributed by atoms with Gasteiger partial charge in [0.2, 0.25) is 17.7 Å². The highest BCUT2D eigenvalue weighted by molar-refractivity contribution is 5.78. The molecule has 2 amide bonds. The number of rotatable bonds is 9. The van der Waals surface area contributed by atoms with Crippen LogP contribution in [0.1, 0.15) is 95.2 Å². The summed E-state index contributed by atoms with van der Waals surface area (Å²) in [7, 11) is 0. The predicted molar refractivity (Wildman–Crippen MR) is 132 cm³/mol. The molecule has 2 N–H and O–H groups in total. The molecule has 1 aliphatic heterocycles. The maximum atomic E-state index is 12.4. The van der Waals surface area contributed by atoms with E-state index in [1.54, 1.807) is 6.33 Å². The molecule has 0 aromatic carbocycles. The first-order valence-electron chi connectivity index (χ1n) is 13.2. The smallest absolute Gasteiger partial charge is 0.224 e. The van der Waals surface area contributed by atoms with Gasteiger partial charge in [-0.2, -0.15) is 0 Å². The number of ether oxygens (including phenoxy) is 1. The summed E-state index contributed by atoms with van der Waals surface area (Å²) in [6, 6.07) is 0. The highest BCUT2D eigenvalue weighted by Crippen LogP contribution is 2.45. The quantitative estimate of drug-likeness (QED) is 0.572. The second-order valence-electron chi connectivity index (χ2n) is 10.5. The molecule has 0 unspecified atom stereocenters. The summed E-state index contributed by atoms with van der Waals surface area (Å²) in [5.74, 6) is 1.67. The Labute approximate surface area is 203 Å². The van der Waals surface area contributed by atoms with Crippen LogP contribution in [0, 0.1) is 18.8 Å². The molecule has 7 nitrogen and oxygen atoms in total. The van der Waals surface area contributed by atoms with Gasteiger partial charge in [-0.15, -0.1) is 0 Å². The summed E-state index contributed by atoms with van der Waals surface area (Å²) < 4.78 is 6.51. The third-order valence-electron chi connectivity index (χ3n) is 8.04. The Kier molecular flexibility index (Phi) is 8.22. The zero-order chi connectivity index (χ0) is 24.1. The molecule has 0 spiro atoms. The van der Waals surface area contributed by atoms with Crippen molar-refractivity contribution in [1.29, 1.82) is 0 Å². The zero-order valence-electron chi connectivity index (χ0n) is 20.9. The molecule has 3 aliphatic rings. The van der Waals surface area contributed by atoms with Crippen molar-refractivity contribution in [3.63, 3.8) is 0 Å². The van der Waals surface area contributed by atoms with Crippen molar-refractivity contribution in [2.24, 2.45) is 17.6 Å². The number of hydrogen-bond acceptors (Lipinski definition) is 5. The highest BCUT2D eigenvalue weighted by Gasteiger charge is 2.31. The number of nitrogens with two attached hydrogens (primary N) is 1. The second-order valence-corrected chi connectivity index (χ2v) is 10.5. The molecule has 34 heavy (non-hydrogen) atoms. The Morgan fingerprint density at radius 2 is 1.76 bits per heavy atom. The molecule has 1 atom stereocenters. The number of likely N-dealkylation sites (tertiary alicyclic amines) is 1. The largest absolute Gasteiger partial charge is 0.474 e. The van der Waals surface area contributed by atoms with Gasteiger partial charge in [0.25, 0.3) is 0 Å². The van der Waals surface area contributed by atoms with Crippen LogP contribution in [0.4, 0.5) is 0 Å². The lowest BCUT2D eigenvalue weighted by atomic mass is 9.84. The Morgan fingerprint density at radius 3 is 2.47 bits per heavy atom. The number of hydrogen-bond donors (Lipinski definition) is 1. The molecular weight excluding hydrogens is 428 g/mol. The second kappa shape index (κ2) is 11.3. The van der Waals surface area contributed by atoms with Crippen LogP contribution in [0.5, 0.6) is 5.88 Å². The first kappa shape index (κ1) is 24.7. The molecule has 1 aromatic rings. The number of allylic oxidation sites excluding steroid dienone is 2. The van der Waals surface area contributed by atoms with E-state index in [1.165, 1.54) is 11.1 Å². The van der Waals surface area contributed by atoms with Gasteiger partial charge in [-0.1, -0.05) is 5.57 Å². The molecule has 7 heteroatoms. The summed E-state index contributed by atoms with van der Waals surface area (Å²) in [5.41, 5.74) is 9.97. The van der Waals surface area contributed by atoms with Crippen LogP contribution in [-0.2, 0) is 9.59 Å². The van der Waals surface area contributed by atoms with Gasteiger partial charge in [-0.3, -0.25) is 9.59 Å². The lowest BCUT2D eigenvalue weighted by Gasteiger charge is -2.30. The van der Waals surface area contributed by atoms with E-state index in [9.17, 15) is 9.59 Å². The zero-order valence-corrected chi connectivity index (χ0v) is 20.9. The summed E-state index contributed by atoms with van der Waals surface area (Å²) in [4.78, 5) is 34.8. The number of aryl methyl sites for hydroxylation is 1. The van der Waals surface area contributed by atoms with Crippen LogP contribution in [0.25, 0.3) is 5.57 Å². The standard InChI is InChI=1S/C27H40N4O3/c1-18-5-9-21(10-13-23(28)32)25(18)26-19(2)29-17-30-27(26)34-22-11-6-20(7-12-22)8-14-24(33)31-15-3-4-16-31/h17,20-22H,3-16H2,1-2H3,(H2,28,32)/t20?,21-,22?/m1/s1.